The van der Waals surface area contributed by atoms with Gasteiger partial charge in [-0.05, 0) is 12.3 Å². The molecule has 2 N–H and O–H groups in total. The standard InChI is InChI=1S/C12H17ClF3N3O2/c1-7(2)3-8(5-20)18-9-4-17-19(6-12(14,15)16)11(21)10(9)13/h4,7-8,18,20H,3,5-6H2,1-2H3. The number of nitrogens with one attached hydrogen (secondary N) is 1. The lowest BCUT2D eigenvalue weighted by Gasteiger charge is -2.20. The first-order valence-corrected chi connectivity index (χ1v) is 6.71. The van der Waals surface area contributed by atoms with Crippen LogP contribution in [0.1, 0.15) is 20.3 Å². The van der Waals surface area contributed by atoms with Gasteiger partial charge >= 0.3 is 6.18 Å². The van der Waals surface area contributed by atoms with Gasteiger partial charge in [0.2, 0.25) is 0 Å². The smallest absolute Gasteiger partial charge is 0.394 e. The third-order valence-electron chi connectivity index (χ3n) is 2.65. The molecule has 120 valence electrons. The van der Waals surface area contributed by atoms with E-state index in [1.54, 1.807) is 0 Å². The predicted octanol–water partition coefficient (Wildman–Crippen LogP) is 2.28. The highest BCUT2D eigenvalue weighted by atomic mass is 35.5. The zero-order valence-corrected chi connectivity index (χ0v) is 12.4. The molecule has 1 rings (SSSR count). The SMILES string of the molecule is CC(C)CC(CO)Nc1cnn(CC(F)(F)F)c(=O)c1Cl. The first-order valence-electron chi connectivity index (χ1n) is 6.33. The van der Waals surface area contributed by atoms with Gasteiger partial charge in [0.1, 0.15) is 11.6 Å². The van der Waals surface area contributed by atoms with E-state index in [9.17, 15) is 23.1 Å². The van der Waals surface area contributed by atoms with Gasteiger partial charge in [0.15, 0.2) is 0 Å². The molecule has 0 fully saturated rings. The molecule has 0 aliphatic rings. The summed E-state index contributed by atoms with van der Waals surface area (Å²) in [5.41, 5.74) is -0.917. The van der Waals surface area contributed by atoms with Gasteiger partial charge < -0.3 is 10.4 Å². The van der Waals surface area contributed by atoms with Crippen LogP contribution in [0, 0.1) is 5.92 Å². The number of aromatic nitrogens is 2. The van der Waals surface area contributed by atoms with Gasteiger partial charge in [0.05, 0.1) is 18.5 Å². The highest BCUT2D eigenvalue weighted by Gasteiger charge is 2.29. The van der Waals surface area contributed by atoms with E-state index in [1.165, 1.54) is 0 Å². The molecule has 0 spiro atoms. The predicted molar refractivity (Wildman–Crippen MR) is 73.5 cm³/mol. The van der Waals surface area contributed by atoms with E-state index in [0.29, 0.717) is 6.42 Å². The minimum absolute atomic E-state index is 0.111. The number of alkyl halides is 3. The Morgan fingerprint density at radius 3 is 2.57 bits per heavy atom. The van der Waals surface area contributed by atoms with E-state index in [2.05, 4.69) is 10.4 Å². The Balaban J connectivity index is 2.96. The Hall–Kier alpha value is -1.28. The van der Waals surface area contributed by atoms with Crippen LogP contribution in [0.5, 0.6) is 0 Å². The van der Waals surface area contributed by atoms with Gasteiger partial charge in [-0.15, -0.1) is 0 Å². The Bertz CT molecular complexity index is 531. The second-order valence-corrected chi connectivity index (χ2v) is 5.48. The average molecular weight is 328 g/mol. The number of hydrogen-bond donors (Lipinski definition) is 2. The topological polar surface area (TPSA) is 67.2 Å². The molecule has 21 heavy (non-hydrogen) atoms. The van der Waals surface area contributed by atoms with E-state index < -0.39 is 18.3 Å². The third-order valence-corrected chi connectivity index (χ3v) is 3.02. The zero-order valence-electron chi connectivity index (χ0n) is 11.6. The van der Waals surface area contributed by atoms with Gasteiger partial charge in [0, 0.05) is 6.04 Å². The first-order chi connectivity index (χ1) is 9.64. The maximum atomic E-state index is 12.3. The van der Waals surface area contributed by atoms with Crippen molar-refractivity contribution in [3.05, 3.63) is 21.6 Å². The normalized spacial score (nSPS) is 13.5. The Labute approximate surface area is 124 Å². The second kappa shape index (κ2) is 7.13. The number of aliphatic hydroxyl groups is 1. The van der Waals surface area contributed by atoms with Gasteiger partial charge in [0.25, 0.3) is 5.56 Å². The van der Waals surface area contributed by atoms with Gasteiger partial charge in [-0.1, -0.05) is 25.4 Å². The zero-order chi connectivity index (χ0) is 16.2. The van der Waals surface area contributed by atoms with Crippen LogP contribution in [-0.4, -0.2) is 33.7 Å². The van der Waals surface area contributed by atoms with Crippen LogP contribution in [0.25, 0.3) is 0 Å². The summed E-state index contributed by atoms with van der Waals surface area (Å²) in [6.07, 6.45) is -2.89. The minimum atomic E-state index is -4.56. The summed E-state index contributed by atoms with van der Waals surface area (Å²) in [4.78, 5) is 11.7. The van der Waals surface area contributed by atoms with Crippen molar-refractivity contribution < 1.29 is 18.3 Å². The lowest BCUT2D eigenvalue weighted by atomic mass is 10.0. The van der Waals surface area contributed by atoms with E-state index in [0.717, 1.165) is 6.20 Å². The number of aliphatic hydroxyl groups excluding tert-OH is 1. The molecule has 0 saturated carbocycles. The highest BCUT2D eigenvalue weighted by molar-refractivity contribution is 6.32. The molecule has 1 aromatic heterocycles. The molecule has 1 atom stereocenters. The molecule has 1 unspecified atom stereocenters. The molecule has 5 nitrogen and oxygen atoms in total. The second-order valence-electron chi connectivity index (χ2n) is 5.10. The molecular weight excluding hydrogens is 311 g/mol. The molecule has 0 aromatic carbocycles. The number of halogens is 4. The molecule has 0 amide bonds. The Kier molecular flexibility index (Phi) is 6.03. The monoisotopic (exact) mass is 327 g/mol. The summed E-state index contributed by atoms with van der Waals surface area (Å²) in [5, 5.41) is 15.1. The van der Waals surface area contributed by atoms with Crippen LogP contribution in [0.15, 0.2) is 11.0 Å². The number of anilines is 1. The van der Waals surface area contributed by atoms with Crippen LogP contribution in [0.3, 0.4) is 0 Å². The maximum absolute atomic E-state index is 12.3. The van der Waals surface area contributed by atoms with Crippen LogP contribution in [0.4, 0.5) is 18.9 Å². The van der Waals surface area contributed by atoms with Crippen molar-refractivity contribution >= 4 is 17.3 Å². The maximum Gasteiger partial charge on any atom is 0.408 e. The van der Waals surface area contributed by atoms with E-state index in [1.807, 2.05) is 13.8 Å². The van der Waals surface area contributed by atoms with Crippen molar-refractivity contribution in [2.24, 2.45) is 5.92 Å². The fourth-order valence-electron chi connectivity index (χ4n) is 1.82. The largest absolute Gasteiger partial charge is 0.408 e. The summed E-state index contributed by atoms with van der Waals surface area (Å²) in [6.45, 7) is 2.21. The molecule has 0 radical (unpaired) electrons. The lowest BCUT2D eigenvalue weighted by Crippen LogP contribution is -2.32. The van der Waals surface area contributed by atoms with E-state index in [4.69, 9.17) is 11.6 Å². The molecule has 1 heterocycles. The Morgan fingerprint density at radius 1 is 1.48 bits per heavy atom. The lowest BCUT2D eigenvalue weighted by molar-refractivity contribution is -0.143. The Morgan fingerprint density at radius 2 is 2.10 bits per heavy atom. The van der Waals surface area contributed by atoms with Crippen LogP contribution < -0.4 is 10.9 Å². The van der Waals surface area contributed by atoms with Gasteiger partial charge in [-0.25, -0.2) is 4.68 Å². The quantitative estimate of drug-likeness (QED) is 0.841. The minimum Gasteiger partial charge on any atom is -0.394 e. The van der Waals surface area contributed by atoms with E-state index >= 15 is 0 Å². The number of hydrogen-bond acceptors (Lipinski definition) is 4. The first kappa shape index (κ1) is 17.8. The fraction of sp³-hybridized carbons (Fsp3) is 0.667. The average Bonchev–Trinajstić information content (AvgIpc) is 2.35. The van der Waals surface area contributed by atoms with Crippen molar-refractivity contribution in [2.75, 3.05) is 11.9 Å². The van der Waals surface area contributed by atoms with Crippen molar-refractivity contribution in [1.82, 2.24) is 9.78 Å². The summed E-state index contributed by atoms with van der Waals surface area (Å²) >= 11 is 5.78. The molecule has 9 heteroatoms. The molecular formula is C12H17ClF3N3O2. The molecule has 0 aliphatic carbocycles. The summed E-state index contributed by atoms with van der Waals surface area (Å²) < 4.78 is 37.1. The van der Waals surface area contributed by atoms with Gasteiger partial charge in [-0.3, -0.25) is 4.79 Å². The number of rotatable bonds is 6. The van der Waals surface area contributed by atoms with Crippen LogP contribution in [-0.2, 0) is 6.54 Å². The summed E-state index contributed by atoms with van der Waals surface area (Å²) in [6, 6.07) is -0.359. The number of nitrogens with zero attached hydrogens (tertiary/aromatic N) is 2. The van der Waals surface area contributed by atoms with Crippen molar-refractivity contribution in [3.8, 4) is 0 Å². The van der Waals surface area contributed by atoms with Crippen LogP contribution >= 0.6 is 11.6 Å². The third kappa shape index (κ3) is 5.55. The molecule has 0 bridgehead atoms. The summed E-state index contributed by atoms with van der Waals surface area (Å²) in [7, 11) is 0. The van der Waals surface area contributed by atoms with Crippen molar-refractivity contribution in [2.45, 2.75) is 39.0 Å². The van der Waals surface area contributed by atoms with E-state index in [-0.39, 0.29) is 34.0 Å². The highest BCUT2D eigenvalue weighted by Crippen LogP contribution is 2.20. The molecule has 1 aromatic rings. The van der Waals surface area contributed by atoms with Crippen LogP contribution in [0.2, 0.25) is 5.02 Å². The molecule has 0 saturated heterocycles. The fourth-order valence-corrected chi connectivity index (χ4v) is 2.02. The van der Waals surface area contributed by atoms with Gasteiger partial charge in [-0.2, -0.15) is 18.3 Å². The van der Waals surface area contributed by atoms with Crippen molar-refractivity contribution in [3.63, 3.8) is 0 Å². The molecule has 0 aliphatic heterocycles. The van der Waals surface area contributed by atoms with Crippen molar-refractivity contribution in [1.29, 1.82) is 0 Å². The summed E-state index contributed by atoms with van der Waals surface area (Å²) in [5.74, 6) is 0.284.